The van der Waals surface area contributed by atoms with E-state index in [2.05, 4.69) is 10.1 Å². The van der Waals surface area contributed by atoms with Gasteiger partial charge in [-0.1, -0.05) is 29.8 Å². The molecule has 2 rings (SSSR count). The molecule has 156 valence electrons. The van der Waals surface area contributed by atoms with E-state index in [0.29, 0.717) is 6.54 Å². The number of rotatable bonds is 9. The van der Waals surface area contributed by atoms with Gasteiger partial charge in [0.1, 0.15) is 5.75 Å². The summed E-state index contributed by atoms with van der Waals surface area (Å²) in [6, 6.07) is 13.6. The third-order valence-electron chi connectivity index (χ3n) is 4.09. The maximum absolute atomic E-state index is 12.5. The third kappa shape index (κ3) is 7.73. The van der Waals surface area contributed by atoms with Crippen LogP contribution in [0.4, 0.5) is 14.5 Å². The zero-order valence-electron chi connectivity index (χ0n) is 16.5. The molecule has 0 saturated heterocycles. The number of carbonyl (C=O) groups excluding carboxylic acids is 2. The zero-order chi connectivity index (χ0) is 21.4. The molecule has 1 atom stereocenters. The second-order valence-corrected chi connectivity index (χ2v) is 7.91. The number of hydrogen-bond donors (Lipinski definition) is 1. The van der Waals surface area contributed by atoms with E-state index in [1.165, 1.54) is 23.9 Å². The minimum Gasteiger partial charge on any atom is -0.435 e. The number of ether oxygens (including phenoxy) is 1. The molecule has 0 radical (unpaired) electrons. The first-order valence-electron chi connectivity index (χ1n) is 9.01. The van der Waals surface area contributed by atoms with Gasteiger partial charge in [-0.2, -0.15) is 8.78 Å². The SMILES string of the molecule is Cc1ccc(NC(=O)CSC(C)C(=O)N(C)Cc2ccc(OC(F)F)cc2)cc1. The van der Waals surface area contributed by atoms with Crippen molar-refractivity contribution >= 4 is 29.3 Å². The number of aryl methyl sites for hydroxylation is 1. The first-order chi connectivity index (χ1) is 13.7. The molecular formula is C21H24F2N2O3S. The van der Waals surface area contributed by atoms with E-state index in [9.17, 15) is 18.4 Å². The van der Waals surface area contributed by atoms with Gasteiger partial charge in [0.2, 0.25) is 11.8 Å². The average Bonchev–Trinajstić information content (AvgIpc) is 2.68. The summed E-state index contributed by atoms with van der Waals surface area (Å²) in [5.74, 6) is -0.0584. The molecule has 5 nitrogen and oxygen atoms in total. The largest absolute Gasteiger partial charge is 0.435 e. The standard InChI is InChI=1S/C21H24F2N2O3S/c1-14-4-8-17(9-5-14)24-19(26)13-29-15(2)20(27)25(3)12-16-6-10-18(11-7-16)28-21(22)23/h4-11,15,21H,12-13H2,1-3H3,(H,24,26). The van der Waals surface area contributed by atoms with Crippen LogP contribution >= 0.6 is 11.8 Å². The van der Waals surface area contributed by atoms with Crippen molar-refractivity contribution in [3.05, 3.63) is 59.7 Å². The lowest BCUT2D eigenvalue weighted by Gasteiger charge is -2.21. The Labute approximate surface area is 173 Å². The van der Waals surface area contributed by atoms with Crippen molar-refractivity contribution in [3.63, 3.8) is 0 Å². The van der Waals surface area contributed by atoms with E-state index in [-0.39, 0.29) is 23.3 Å². The number of thioether (sulfide) groups is 1. The van der Waals surface area contributed by atoms with Crippen molar-refractivity contribution < 1.29 is 23.1 Å². The molecule has 0 bridgehead atoms. The summed E-state index contributed by atoms with van der Waals surface area (Å²) in [6.07, 6.45) is 0. The number of carbonyl (C=O) groups is 2. The van der Waals surface area contributed by atoms with Gasteiger partial charge in [-0.25, -0.2) is 0 Å². The summed E-state index contributed by atoms with van der Waals surface area (Å²) >= 11 is 1.26. The number of nitrogens with one attached hydrogen (secondary N) is 1. The summed E-state index contributed by atoms with van der Waals surface area (Å²) in [6.45, 7) is 1.18. The van der Waals surface area contributed by atoms with Crippen molar-refractivity contribution in [3.8, 4) is 5.75 Å². The Kier molecular flexibility index (Phi) is 8.45. The minimum absolute atomic E-state index is 0.0706. The molecule has 0 aliphatic heterocycles. The third-order valence-corrected chi connectivity index (χ3v) is 5.22. The van der Waals surface area contributed by atoms with Gasteiger partial charge in [0.15, 0.2) is 0 Å². The number of hydrogen-bond acceptors (Lipinski definition) is 4. The molecule has 8 heteroatoms. The molecule has 0 aromatic heterocycles. The van der Waals surface area contributed by atoms with Gasteiger partial charge < -0.3 is 15.0 Å². The van der Waals surface area contributed by atoms with Crippen molar-refractivity contribution in [2.75, 3.05) is 18.1 Å². The monoisotopic (exact) mass is 422 g/mol. The Bertz CT molecular complexity index is 814. The number of anilines is 1. The minimum atomic E-state index is -2.87. The molecule has 0 aliphatic carbocycles. The fourth-order valence-electron chi connectivity index (χ4n) is 2.54. The lowest BCUT2D eigenvalue weighted by Crippen LogP contribution is -2.33. The molecule has 29 heavy (non-hydrogen) atoms. The Hall–Kier alpha value is -2.61. The smallest absolute Gasteiger partial charge is 0.387 e. The van der Waals surface area contributed by atoms with E-state index in [1.807, 2.05) is 31.2 Å². The molecule has 0 fully saturated rings. The number of alkyl halides is 2. The van der Waals surface area contributed by atoms with E-state index >= 15 is 0 Å². The predicted octanol–water partition coefficient (Wildman–Crippen LogP) is 4.32. The summed E-state index contributed by atoms with van der Waals surface area (Å²) < 4.78 is 28.7. The van der Waals surface area contributed by atoms with Crippen LogP contribution in [0, 0.1) is 6.92 Å². The van der Waals surface area contributed by atoms with Crippen molar-refractivity contribution in [1.29, 1.82) is 0 Å². The van der Waals surface area contributed by atoms with E-state index in [1.54, 1.807) is 31.0 Å². The average molecular weight is 422 g/mol. The molecule has 2 aromatic rings. The number of nitrogens with zero attached hydrogens (tertiary/aromatic N) is 1. The molecule has 2 amide bonds. The molecule has 0 spiro atoms. The first kappa shape index (κ1) is 22.7. The summed E-state index contributed by atoms with van der Waals surface area (Å²) in [5, 5.41) is 2.40. The predicted molar refractivity (Wildman–Crippen MR) is 111 cm³/mol. The fourth-order valence-corrected chi connectivity index (χ4v) is 3.34. The Morgan fingerprint density at radius 1 is 1.10 bits per heavy atom. The molecule has 2 aromatic carbocycles. The Morgan fingerprint density at radius 2 is 1.72 bits per heavy atom. The topological polar surface area (TPSA) is 58.6 Å². The molecule has 0 aliphatic rings. The van der Waals surface area contributed by atoms with Gasteiger partial charge in [-0.3, -0.25) is 9.59 Å². The molecular weight excluding hydrogens is 398 g/mol. The van der Waals surface area contributed by atoms with Crippen molar-refractivity contribution in [2.24, 2.45) is 0 Å². The van der Waals surface area contributed by atoms with Gasteiger partial charge in [-0.15, -0.1) is 11.8 Å². The summed E-state index contributed by atoms with van der Waals surface area (Å²) in [4.78, 5) is 26.1. The number of amides is 2. The highest BCUT2D eigenvalue weighted by Crippen LogP contribution is 2.18. The Morgan fingerprint density at radius 3 is 2.31 bits per heavy atom. The van der Waals surface area contributed by atoms with E-state index in [0.717, 1.165) is 16.8 Å². The number of benzene rings is 2. The molecule has 1 N–H and O–H groups in total. The highest BCUT2D eigenvalue weighted by molar-refractivity contribution is 8.01. The first-order valence-corrected chi connectivity index (χ1v) is 10.1. The second-order valence-electron chi connectivity index (χ2n) is 6.58. The molecule has 0 heterocycles. The highest BCUT2D eigenvalue weighted by atomic mass is 32.2. The Balaban J connectivity index is 1.79. The van der Waals surface area contributed by atoms with Crippen LogP contribution in [0.1, 0.15) is 18.1 Å². The fraction of sp³-hybridized carbons (Fsp3) is 0.333. The highest BCUT2D eigenvalue weighted by Gasteiger charge is 2.19. The summed E-state index contributed by atoms with van der Waals surface area (Å²) in [7, 11) is 1.66. The van der Waals surface area contributed by atoms with Crippen LogP contribution in [0.25, 0.3) is 0 Å². The lowest BCUT2D eigenvalue weighted by molar-refractivity contribution is -0.129. The maximum Gasteiger partial charge on any atom is 0.387 e. The number of halogens is 2. The maximum atomic E-state index is 12.5. The van der Waals surface area contributed by atoms with Crippen LogP contribution in [0.5, 0.6) is 5.75 Å². The van der Waals surface area contributed by atoms with Crippen molar-refractivity contribution in [1.82, 2.24) is 4.90 Å². The van der Waals surface area contributed by atoms with Crippen LogP contribution in [-0.2, 0) is 16.1 Å². The van der Waals surface area contributed by atoms with E-state index < -0.39 is 11.9 Å². The van der Waals surface area contributed by atoms with Crippen LogP contribution in [-0.4, -0.2) is 41.4 Å². The lowest BCUT2D eigenvalue weighted by atomic mass is 10.2. The van der Waals surface area contributed by atoms with Crippen molar-refractivity contribution in [2.45, 2.75) is 32.3 Å². The van der Waals surface area contributed by atoms with Gasteiger partial charge >= 0.3 is 6.61 Å². The second kappa shape index (κ2) is 10.8. The van der Waals surface area contributed by atoms with Crippen LogP contribution in [0.3, 0.4) is 0 Å². The zero-order valence-corrected chi connectivity index (χ0v) is 17.3. The molecule has 1 unspecified atom stereocenters. The normalized spacial score (nSPS) is 11.8. The van der Waals surface area contributed by atoms with Gasteiger partial charge in [0, 0.05) is 19.3 Å². The molecule has 0 saturated carbocycles. The van der Waals surface area contributed by atoms with E-state index in [4.69, 9.17) is 0 Å². The van der Waals surface area contributed by atoms with Crippen LogP contribution in [0.15, 0.2) is 48.5 Å². The van der Waals surface area contributed by atoms with Crippen LogP contribution < -0.4 is 10.1 Å². The summed E-state index contributed by atoms with van der Waals surface area (Å²) in [5.41, 5.74) is 2.61. The van der Waals surface area contributed by atoms with Gasteiger partial charge in [-0.05, 0) is 43.7 Å². The van der Waals surface area contributed by atoms with Crippen LogP contribution in [0.2, 0.25) is 0 Å². The quantitative estimate of drug-likeness (QED) is 0.654. The van der Waals surface area contributed by atoms with Gasteiger partial charge in [0.05, 0.1) is 11.0 Å². The van der Waals surface area contributed by atoms with Gasteiger partial charge in [0.25, 0.3) is 0 Å².